The Kier molecular flexibility index (Phi) is 5.39. The van der Waals surface area contributed by atoms with Gasteiger partial charge in [0.15, 0.2) is 0 Å². The summed E-state index contributed by atoms with van der Waals surface area (Å²) in [5, 5.41) is 18.5. The van der Waals surface area contributed by atoms with Crippen molar-refractivity contribution in [1.29, 1.82) is 0 Å². The fraction of sp³-hybridized carbons (Fsp3) is 0.625. The number of likely N-dealkylation sites (N-methyl/N-ethyl adjacent to an activating group) is 1. The number of aliphatic hydroxyl groups excluding tert-OH is 2. The summed E-state index contributed by atoms with van der Waals surface area (Å²) in [6.07, 6.45) is 0.577. The highest BCUT2D eigenvalue weighted by molar-refractivity contribution is 5.55. The van der Waals surface area contributed by atoms with E-state index in [0.29, 0.717) is 6.42 Å². The van der Waals surface area contributed by atoms with Gasteiger partial charge in [0.2, 0.25) is 0 Å². The molecule has 0 saturated heterocycles. The Morgan fingerprint density at radius 2 is 1.84 bits per heavy atom. The van der Waals surface area contributed by atoms with E-state index in [4.69, 9.17) is 5.11 Å². The molecule has 0 aliphatic heterocycles. The Hall–Kier alpha value is -1.06. The lowest BCUT2D eigenvalue weighted by molar-refractivity contribution is 0.218. The highest BCUT2D eigenvalue weighted by atomic mass is 16.3. The van der Waals surface area contributed by atoms with Crippen molar-refractivity contribution in [2.45, 2.75) is 45.6 Å². The van der Waals surface area contributed by atoms with Crippen molar-refractivity contribution < 1.29 is 10.2 Å². The van der Waals surface area contributed by atoms with Crippen molar-refractivity contribution in [2.75, 3.05) is 25.2 Å². The Labute approximate surface area is 116 Å². The van der Waals surface area contributed by atoms with Crippen molar-refractivity contribution in [2.24, 2.45) is 0 Å². The fourth-order valence-corrected chi connectivity index (χ4v) is 2.27. The number of hydrogen-bond donors (Lipinski definition) is 2. The molecule has 0 heterocycles. The van der Waals surface area contributed by atoms with Gasteiger partial charge >= 0.3 is 0 Å². The molecule has 3 nitrogen and oxygen atoms in total. The summed E-state index contributed by atoms with van der Waals surface area (Å²) in [6.45, 7) is 8.84. The monoisotopic (exact) mass is 265 g/mol. The first kappa shape index (κ1) is 16.0. The van der Waals surface area contributed by atoms with Gasteiger partial charge < -0.3 is 15.1 Å². The number of aliphatic hydroxyl groups is 2. The van der Waals surface area contributed by atoms with Crippen LogP contribution in [-0.4, -0.2) is 36.5 Å². The van der Waals surface area contributed by atoms with Crippen molar-refractivity contribution in [1.82, 2.24) is 0 Å². The summed E-state index contributed by atoms with van der Waals surface area (Å²) in [4.78, 5) is 2.05. The Morgan fingerprint density at radius 3 is 2.26 bits per heavy atom. The number of rotatable bonds is 5. The van der Waals surface area contributed by atoms with Gasteiger partial charge in [-0.15, -0.1) is 0 Å². The highest BCUT2D eigenvalue weighted by Gasteiger charge is 2.18. The second-order valence-corrected chi connectivity index (χ2v) is 6.21. The third kappa shape index (κ3) is 3.95. The molecular formula is C16H27NO2. The molecule has 108 valence electrons. The summed E-state index contributed by atoms with van der Waals surface area (Å²) >= 11 is 0. The maximum Gasteiger partial charge on any atom is 0.0635 e. The van der Waals surface area contributed by atoms with E-state index >= 15 is 0 Å². The number of anilines is 1. The molecule has 0 radical (unpaired) electrons. The second-order valence-electron chi connectivity index (χ2n) is 6.21. The van der Waals surface area contributed by atoms with Gasteiger partial charge in [0, 0.05) is 19.3 Å². The first-order chi connectivity index (χ1) is 8.81. The first-order valence-corrected chi connectivity index (χ1v) is 6.87. The molecule has 1 aromatic carbocycles. The molecule has 0 aromatic heterocycles. The number of aryl methyl sites for hydroxylation is 1. The van der Waals surface area contributed by atoms with Crippen molar-refractivity contribution in [3.05, 3.63) is 29.3 Å². The van der Waals surface area contributed by atoms with Crippen LogP contribution in [0.25, 0.3) is 0 Å². The molecule has 0 amide bonds. The van der Waals surface area contributed by atoms with Crippen LogP contribution in [0.15, 0.2) is 18.2 Å². The Balaban J connectivity index is 3.02. The summed E-state index contributed by atoms with van der Waals surface area (Å²) < 4.78 is 0. The third-order valence-corrected chi connectivity index (χ3v) is 3.66. The van der Waals surface area contributed by atoms with Gasteiger partial charge in [-0.05, 0) is 36.0 Å². The minimum atomic E-state index is -0.0378. The normalized spacial score (nSPS) is 13.4. The molecule has 2 N–H and O–H groups in total. The zero-order valence-corrected chi connectivity index (χ0v) is 12.8. The van der Waals surface area contributed by atoms with Gasteiger partial charge in [-0.2, -0.15) is 0 Å². The molecule has 1 rings (SSSR count). The third-order valence-electron chi connectivity index (χ3n) is 3.66. The van der Waals surface area contributed by atoms with Crippen LogP contribution in [0, 0.1) is 6.92 Å². The van der Waals surface area contributed by atoms with Gasteiger partial charge in [-0.25, -0.2) is 0 Å². The quantitative estimate of drug-likeness (QED) is 0.859. The average molecular weight is 265 g/mol. The molecule has 0 aliphatic carbocycles. The number of benzene rings is 1. The molecule has 0 saturated carbocycles. The Bertz CT molecular complexity index is 410. The molecule has 0 bridgehead atoms. The molecule has 1 atom stereocenters. The van der Waals surface area contributed by atoms with Crippen molar-refractivity contribution in [3.8, 4) is 0 Å². The molecular weight excluding hydrogens is 238 g/mol. The first-order valence-electron chi connectivity index (χ1n) is 6.87. The van der Waals surface area contributed by atoms with Crippen LogP contribution < -0.4 is 4.90 Å². The molecule has 1 unspecified atom stereocenters. The van der Waals surface area contributed by atoms with E-state index in [9.17, 15) is 5.11 Å². The van der Waals surface area contributed by atoms with Gasteiger partial charge in [0.25, 0.3) is 0 Å². The standard InChI is InChI=1S/C16H27NO2/c1-12-10-13(16(2,3)4)6-7-15(12)17(5)14(11-19)8-9-18/h6-7,10,14,18-19H,8-9,11H2,1-5H3. The highest BCUT2D eigenvalue weighted by Crippen LogP contribution is 2.28. The SMILES string of the molecule is Cc1cc(C(C)(C)C)ccc1N(C)C(CO)CCO. The van der Waals surface area contributed by atoms with E-state index in [2.05, 4.69) is 50.8 Å². The van der Waals surface area contributed by atoms with Crippen LogP contribution in [-0.2, 0) is 5.41 Å². The summed E-state index contributed by atoms with van der Waals surface area (Å²) in [6, 6.07) is 6.42. The van der Waals surface area contributed by atoms with E-state index < -0.39 is 0 Å². The minimum absolute atomic E-state index is 0.0378. The van der Waals surface area contributed by atoms with Gasteiger partial charge in [0.1, 0.15) is 0 Å². The molecule has 19 heavy (non-hydrogen) atoms. The maximum absolute atomic E-state index is 9.41. The lowest BCUT2D eigenvalue weighted by Gasteiger charge is -2.30. The van der Waals surface area contributed by atoms with Gasteiger partial charge in [-0.3, -0.25) is 0 Å². The number of nitrogens with zero attached hydrogens (tertiary/aromatic N) is 1. The molecule has 1 aromatic rings. The van der Waals surface area contributed by atoms with E-state index in [1.165, 1.54) is 11.1 Å². The zero-order valence-electron chi connectivity index (χ0n) is 12.8. The molecule has 0 spiro atoms. The van der Waals surface area contributed by atoms with E-state index in [0.717, 1.165) is 5.69 Å². The van der Waals surface area contributed by atoms with E-state index in [1.54, 1.807) is 0 Å². The van der Waals surface area contributed by atoms with Crippen LogP contribution >= 0.6 is 0 Å². The molecule has 0 fully saturated rings. The topological polar surface area (TPSA) is 43.7 Å². The number of hydrogen-bond acceptors (Lipinski definition) is 3. The zero-order chi connectivity index (χ0) is 14.6. The fourth-order valence-electron chi connectivity index (χ4n) is 2.27. The van der Waals surface area contributed by atoms with Gasteiger partial charge in [0.05, 0.1) is 12.6 Å². The summed E-state index contributed by atoms with van der Waals surface area (Å²) in [5.41, 5.74) is 3.76. The van der Waals surface area contributed by atoms with Crippen LogP contribution in [0.1, 0.15) is 38.3 Å². The van der Waals surface area contributed by atoms with E-state index in [1.807, 2.05) is 7.05 Å². The van der Waals surface area contributed by atoms with Crippen LogP contribution in [0.4, 0.5) is 5.69 Å². The van der Waals surface area contributed by atoms with Crippen LogP contribution in [0.3, 0.4) is 0 Å². The lowest BCUT2D eigenvalue weighted by Crippen LogP contribution is -2.36. The van der Waals surface area contributed by atoms with Crippen LogP contribution in [0.5, 0.6) is 0 Å². The molecule has 3 heteroatoms. The lowest BCUT2D eigenvalue weighted by atomic mass is 9.86. The average Bonchev–Trinajstić information content (AvgIpc) is 2.34. The maximum atomic E-state index is 9.41. The van der Waals surface area contributed by atoms with Crippen molar-refractivity contribution >= 4 is 5.69 Å². The molecule has 0 aliphatic rings. The second kappa shape index (κ2) is 6.40. The van der Waals surface area contributed by atoms with Crippen molar-refractivity contribution in [3.63, 3.8) is 0 Å². The predicted molar refractivity (Wildman–Crippen MR) is 80.9 cm³/mol. The smallest absolute Gasteiger partial charge is 0.0635 e. The van der Waals surface area contributed by atoms with Crippen LogP contribution in [0.2, 0.25) is 0 Å². The summed E-state index contributed by atoms with van der Waals surface area (Å²) in [5.74, 6) is 0. The van der Waals surface area contributed by atoms with Gasteiger partial charge in [-0.1, -0.05) is 32.9 Å². The summed E-state index contributed by atoms with van der Waals surface area (Å²) in [7, 11) is 1.97. The largest absolute Gasteiger partial charge is 0.396 e. The Morgan fingerprint density at radius 1 is 1.21 bits per heavy atom. The predicted octanol–water partition coefficient (Wildman–Crippen LogP) is 2.47. The minimum Gasteiger partial charge on any atom is -0.396 e. The van der Waals surface area contributed by atoms with E-state index in [-0.39, 0.29) is 24.7 Å².